The molecule has 0 aliphatic heterocycles. The van der Waals surface area contributed by atoms with Crippen LogP contribution in [0.1, 0.15) is 15.9 Å². The molecule has 1 amide bonds. The summed E-state index contributed by atoms with van der Waals surface area (Å²) in [5.74, 6) is -0.506. The summed E-state index contributed by atoms with van der Waals surface area (Å²) in [5.41, 5.74) is -1.05. The Morgan fingerprint density at radius 3 is 2.32 bits per heavy atom. The van der Waals surface area contributed by atoms with Gasteiger partial charge in [0.25, 0.3) is 11.5 Å². The molecule has 0 unspecified atom stereocenters. The predicted octanol–water partition coefficient (Wildman–Crippen LogP) is 0.751. The second-order valence-electron chi connectivity index (χ2n) is 5.69. The van der Waals surface area contributed by atoms with Crippen LogP contribution in [0.2, 0.25) is 0 Å². The van der Waals surface area contributed by atoms with Crippen molar-refractivity contribution in [3.05, 3.63) is 72.7 Å². The topological polar surface area (TPSA) is 103 Å². The van der Waals surface area contributed by atoms with Gasteiger partial charge in [0, 0.05) is 19.7 Å². The number of carbonyl (C=O) groups excluding carboxylic acids is 1. The summed E-state index contributed by atoms with van der Waals surface area (Å²) in [6.07, 6.45) is 0. The van der Waals surface area contributed by atoms with E-state index in [1.165, 1.54) is 20.2 Å². The maximum Gasteiger partial charge on any atom is 0.361 e. The summed E-state index contributed by atoms with van der Waals surface area (Å²) in [6, 6.07) is 7.99. The number of fused-ring (bicyclic) bond motifs is 1. The lowest BCUT2D eigenvalue weighted by molar-refractivity contribution is 0.102. The van der Waals surface area contributed by atoms with E-state index in [1.54, 1.807) is 24.3 Å². The van der Waals surface area contributed by atoms with Crippen LogP contribution in [0.15, 0.2) is 49.1 Å². The molecule has 128 valence electrons. The minimum absolute atomic E-state index is 0.0170. The van der Waals surface area contributed by atoms with Crippen LogP contribution in [0.3, 0.4) is 0 Å². The quantitative estimate of drug-likeness (QED) is 0.741. The number of amides is 1. The summed E-state index contributed by atoms with van der Waals surface area (Å²) in [6.45, 7) is 1.89. The normalized spacial score (nSPS) is 10.8. The highest BCUT2D eigenvalue weighted by Gasteiger charge is 2.16. The third-order valence-electron chi connectivity index (χ3n) is 3.90. The first-order valence-corrected chi connectivity index (χ1v) is 7.41. The zero-order valence-electron chi connectivity index (χ0n) is 13.8. The average Bonchev–Trinajstić information content (AvgIpc) is 2.60. The average molecular weight is 341 g/mol. The molecule has 0 atom stereocenters. The Labute approximate surface area is 140 Å². The van der Waals surface area contributed by atoms with Gasteiger partial charge in [-0.3, -0.25) is 18.7 Å². The number of nitrogens with zero attached hydrogens (tertiary/aromatic N) is 2. The molecule has 1 N–H and O–H groups in total. The monoisotopic (exact) mass is 341 g/mol. The number of carbonyl (C=O) groups is 1. The van der Waals surface area contributed by atoms with Crippen molar-refractivity contribution in [2.75, 3.05) is 5.32 Å². The number of rotatable bonds is 2. The lowest BCUT2D eigenvalue weighted by Crippen LogP contribution is -2.37. The van der Waals surface area contributed by atoms with E-state index in [0.29, 0.717) is 5.56 Å². The van der Waals surface area contributed by atoms with Crippen molar-refractivity contribution in [1.29, 1.82) is 0 Å². The molecule has 3 rings (SSSR count). The number of benzene rings is 1. The first-order chi connectivity index (χ1) is 11.8. The highest BCUT2D eigenvalue weighted by molar-refractivity contribution is 6.04. The molecule has 2 heterocycles. The van der Waals surface area contributed by atoms with Gasteiger partial charge >= 0.3 is 11.3 Å². The van der Waals surface area contributed by atoms with Crippen molar-refractivity contribution in [1.82, 2.24) is 9.13 Å². The first kappa shape index (κ1) is 16.4. The van der Waals surface area contributed by atoms with Crippen molar-refractivity contribution in [2.45, 2.75) is 6.92 Å². The summed E-state index contributed by atoms with van der Waals surface area (Å²) in [5, 5.41) is 2.46. The molecule has 0 spiro atoms. The predicted molar refractivity (Wildman–Crippen MR) is 92.1 cm³/mol. The van der Waals surface area contributed by atoms with Gasteiger partial charge in [-0.15, -0.1) is 0 Å². The van der Waals surface area contributed by atoms with Crippen LogP contribution in [0.4, 0.5) is 5.69 Å². The van der Waals surface area contributed by atoms with Gasteiger partial charge in [-0.1, -0.05) is 17.7 Å². The smallest absolute Gasteiger partial charge is 0.361 e. The Morgan fingerprint density at radius 1 is 1.04 bits per heavy atom. The summed E-state index contributed by atoms with van der Waals surface area (Å²) in [7, 11) is 2.71. The zero-order valence-corrected chi connectivity index (χ0v) is 13.8. The zero-order chi connectivity index (χ0) is 18.3. The van der Waals surface area contributed by atoms with Gasteiger partial charge < -0.3 is 9.73 Å². The largest absolute Gasteiger partial charge is 0.404 e. The van der Waals surface area contributed by atoms with Crippen LogP contribution in [0.25, 0.3) is 11.1 Å². The van der Waals surface area contributed by atoms with Crippen LogP contribution in [-0.2, 0) is 14.1 Å². The van der Waals surface area contributed by atoms with Crippen LogP contribution in [0, 0.1) is 6.92 Å². The highest BCUT2D eigenvalue weighted by atomic mass is 16.4. The summed E-state index contributed by atoms with van der Waals surface area (Å²) in [4.78, 5) is 48.5. The van der Waals surface area contributed by atoms with Gasteiger partial charge in [0.2, 0.25) is 5.71 Å². The molecule has 0 saturated carbocycles. The molecule has 1 aromatic carbocycles. The van der Waals surface area contributed by atoms with Crippen molar-refractivity contribution in [3.63, 3.8) is 0 Å². The SMILES string of the molecule is Cc1ccc(C(=O)Nc2cc3c(=O)n(C)c(=O)n(C)c3oc2=O)cc1. The Kier molecular flexibility index (Phi) is 3.88. The lowest BCUT2D eigenvalue weighted by atomic mass is 10.1. The number of hydrogen-bond acceptors (Lipinski definition) is 5. The van der Waals surface area contributed by atoms with Gasteiger partial charge in [-0.25, -0.2) is 9.59 Å². The van der Waals surface area contributed by atoms with E-state index in [0.717, 1.165) is 14.7 Å². The van der Waals surface area contributed by atoms with Crippen molar-refractivity contribution >= 4 is 22.7 Å². The van der Waals surface area contributed by atoms with Crippen LogP contribution >= 0.6 is 0 Å². The Hall–Kier alpha value is -3.42. The van der Waals surface area contributed by atoms with Gasteiger partial charge in [0.1, 0.15) is 11.1 Å². The van der Waals surface area contributed by atoms with Crippen LogP contribution in [-0.4, -0.2) is 15.0 Å². The number of nitrogens with one attached hydrogen (secondary N) is 1. The Morgan fingerprint density at radius 2 is 1.68 bits per heavy atom. The highest BCUT2D eigenvalue weighted by Crippen LogP contribution is 2.12. The molecule has 0 aliphatic rings. The molecule has 0 saturated heterocycles. The fourth-order valence-corrected chi connectivity index (χ4v) is 2.43. The number of anilines is 1. The minimum atomic E-state index is -0.851. The van der Waals surface area contributed by atoms with Crippen LogP contribution in [0.5, 0.6) is 0 Å². The van der Waals surface area contributed by atoms with Gasteiger partial charge in [-0.05, 0) is 25.1 Å². The fraction of sp³-hybridized carbons (Fsp3) is 0.176. The number of hydrogen-bond donors (Lipinski definition) is 1. The summed E-state index contributed by atoms with van der Waals surface area (Å²) >= 11 is 0. The molecule has 8 nitrogen and oxygen atoms in total. The van der Waals surface area contributed by atoms with Crippen molar-refractivity contribution < 1.29 is 9.21 Å². The van der Waals surface area contributed by atoms with Gasteiger partial charge in [-0.2, -0.15) is 0 Å². The fourth-order valence-electron chi connectivity index (χ4n) is 2.43. The van der Waals surface area contributed by atoms with E-state index < -0.39 is 22.8 Å². The molecule has 0 radical (unpaired) electrons. The Bertz CT molecular complexity index is 1170. The molecule has 25 heavy (non-hydrogen) atoms. The molecule has 0 aliphatic carbocycles. The van der Waals surface area contributed by atoms with Crippen LogP contribution < -0.4 is 22.2 Å². The lowest BCUT2D eigenvalue weighted by Gasteiger charge is -2.08. The second-order valence-corrected chi connectivity index (χ2v) is 5.69. The standard InChI is InChI=1S/C17H15N3O5/c1-9-4-6-10(7-5-9)13(21)18-12-8-11-14(22)19(2)17(24)20(3)15(11)25-16(12)23/h4-8H,1-3H3,(H,18,21). The van der Waals surface area contributed by atoms with E-state index in [9.17, 15) is 19.2 Å². The molecule has 0 fully saturated rings. The van der Waals surface area contributed by atoms with E-state index >= 15 is 0 Å². The molecular formula is C17H15N3O5. The minimum Gasteiger partial charge on any atom is -0.404 e. The van der Waals surface area contributed by atoms with Gasteiger partial charge in [0.05, 0.1) is 0 Å². The first-order valence-electron chi connectivity index (χ1n) is 7.41. The number of aromatic nitrogens is 2. The molecular weight excluding hydrogens is 326 g/mol. The van der Waals surface area contributed by atoms with E-state index in [1.807, 2.05) is 6.92 Å². The van der Waals surface area contributed by atoms with E-state index in [-0.39, 0.29) is 16.8 Å². The molecule has 0 bridgehead atoms. The third kappa shape index (κ3) is 2.78. The molecule has 3 aromatic rings. The summed E-state index contributed by atoms with van der Waals surface area (Å²) < 4.78 is 7.03. The molecule has 8 heteroatoms. The van der Waals surface area contributed by atoms with Crippen molar-refractivity contribution in [2.24, 2.45) is 14.1 Å². The van der Waals surface area contributed by atoms with Gasteiger partial charge in [0.15, 0.2) is 0 Å². The third-order valence-corrected chi connectivity index (χ3v) is 3.90. The maximum absolute atomic E-state index is 12.3. The second kappa shape index (κ2) is 5.90. The maximum atomic E-state index is 12.3. The van der Waals surface area contributed by atoms with E-state index in [2.05, 4.69) is 5.32 Å². The number of aryl methyl sites for hydroxylation is 2. The van der Waals surface area contributed by atoms with Crippen molar-refractivity contribution in [3.8, 4) is 0 Å². The molecule has 2 aromatic heterocycles. The Balaban J connectivity index is 2.12. The van der Waals surface area contributed by atoms with E-state index in [4.69, 9.17) is 4.42 Å².